The Morgan fingerprint density at radius 1 is 0.537 bits per heavy atom. The van der Waals surface area contributed by atoms with E-state index in [9.17, 15) is 62.3 Å². The summed E-state index contributed by atoms with van der Waals surface area (Å²) in [6, 6.07) is 4.51. The number of nitrogens with one attached hydrogen (secondary N) is 8. The number of amides is 13. The zero-order chi connectivity index (χ0) is 70.1. The fourth-order valence-electron chi connectivity index (χ4n) is 11.0. The van der Waals surface area contributed by atoms with E-state index in [0.717, 1.165) is 0 Å². The highest BCUT2D eigenvalue weighted by atomic mass is 32.2. The fraction of sp³-hybridized carbons (Fsp3) is 0.587. The first kappa shape index (κ1) is 78.5. The normalized spacial score (nSPS) is 16.8. The Hall–Kier alpha value is -8.91. The highest BCUT2D eigenvalue weighted by Crippen LogP contribution is 2.24. The van der Waals surface area contributed by atoms with Gasteiger partial charge in [0.05, 0.1) is 12.6 Å². The number of aliphatic imine (C=N–C) groups is 1. The number of hydrogen-bond donors (Lipinski definition) is 15. The van der Waals surface area contributed by atoms with E-state index < -0.39 is 169 Å². The molecular weight excluding hydrogens is 1250 g/mol. The van der Waals surface area contributed by atoms with Crippen LogP contribution in [0.15, 0.2) is 65.7 Å². The van der Waals surface area contributed by atoms with E-state index in [2.05, 4.69) is 47.5 Å². The predicted molar refractivity (Wildman–Crippen MR) is 356 cm³/mol. The quantitative estimate of drug-likeness (QED) is 0.0173. The van der Waals surface area contributed by atoms with Crippen molar-refractivity contribution in [3.63, 3.8) is 0 Å². The van der Waals surface area contributed by atoms with E-state index in [-0.39, 0.29) is 83.0 Å². The number of guanidine groups is 1. The average molecular weight is 1350 g/mol. The maximum Gasteiger partial charge on any atom is 0.245 e. The number of benzene rings is 2. The summed E-state index contributed by atoms with van der Waals surface area (Å²) in [6.07, 6.45) is 3.12. The highest BCUT2D eigenvalue weighted by molar-refractivity contribution is 7.98. The smallest absolute Gasteiger partial charge is 0.245 e. The molecule has 22 N–H and O–H groups in total. The summed E-state index contributed by atoms with van der Waals surface area (Å²) in [5.74, 6) is -9.80. The van der Waals surface area contributed by atoms with Crippen molar-refractivity contribution in [2.45, 2.75) is 183 Å². The molecule has 0 radical (unpaired) electrons. The van der Waals surface area contributed by atoms with Gasteiger partial charge in [-0.15, -0.1) is 0 Å². The maximum absolute atomic E-state index is 14.7. The molecule has 10 atom stereocenters. The summed E-state index contributed by atoms with van der Waals surface area (Å²) in [6.45, 7) is 3.86. The van der Waals surface area contributed by atoms with Gasteiger partial charge < -0.3 is 92.5 Å². The summed E-state index contributed by atoms with van der Waals surface area (Å²) < 4.78 is 0. The minimum atomic E-state index is -1.64. The molecule has 0 unspecified atom stereocenters. The van der Waals surface area contributed by atoms with Crippen LogP contribution in [0.5, 0.6) is 0 Å². The molecule has 4 rings (SSSR count). The van der Waals surface area contributed by atoms with Crippen LogP contribution >= 0.6 is 11.8 Å². The van der Waals surface area contributed by atoms with Crippen LogP contribution in [-0.2, 0) is 75.2 Å². The van der Waals surface area contributed by atoms with Crippen LogP contribution in [0, 0.1) is 5.92 Å². The first-order chi connectivity index (χ1) is 45.2. The summed E-state index contributed by atoms with van der Waals surface area (Å²) in [4.78, 5) is 185. The van der Waals surface area contributed by atoms with Gasteiger partial charge in [0, 0.05) is 45.3 Å². The van der Waals surface area contributed by atoms with Crippen molar-refractivity contribution in [2.75, 3.05) is 44.7 Å². The molecule has 0 aliphatic carbocycles. The van der Waals surface area contributed by atoms with Crippen molar-refractivity contribution in [3.05, 3.63) is 71.8 Å². The number of thioether (sulfide) groups is 1. The number of carbonyl (C=O) groups is 13. The molecule has 0 bridgehead atoms. The summed E-state index contributed by atoms with van der Waals surface area (Å²) >= 11 is 1.45. The summed E-state index contributed by atoms with van der Waals surface area (Å²) in [7, 11) is 0. The van der Waals surface area contributed by atoms with E-state index in [1.807, 2.05) is 20.1 Å². The van der Waals surface area contributed by atoms with Crippen molar-refractivity contribution in [1.29, 1.82) is 0 Å². The third-order valence-electron chi connectivity index (χ3n) is 16.0. The number of nitrogens with zero attached hydrogens (tertiary/aromatic N) is 3. The molecule has 31 nitrogen and oxygen atoms in total. The number of likely N-dealkylation sites (tertiary alicyclic amines) is 2. The number of nitrogens with two attached hydrogens (primary N) is 7. The molecular formula is C63H98N18O13S. The van der Waals surface area contributed by atoms with Crippen LogP contribution in [0.2, 0.25) is 0 Å². The van der Waals surface area contributed by atoms with Crippen LogP contribution in [0.4, 0.5) is 0 Å². The SMILES string of the molecule is CSCC[C@H](NC(=O)[C@H](CC(C)C)NC(=O)CNC(=O)[C@H](Cc1ccccc1)NC(=O)[C@H](Cc1ccccc1)NC(=O)[C@H](CCC(N)=O)NC(=O)[C@@H](CCC(N)=O)NC(=O)[C@@H]1CCCN1C(=O)[C@H](CCCCN)NC(=O)[C@H]1CCCN1C(=O)[C@H](N)CCCN=C(N)N)C(N)=O. The molecule has 2 heterocycles. The fourth-order valence-corrected chi connectivity index (χ4v) is 11.5. The minimum Gasteiger partial charge on any atom is -0.370 e. The lowest BCUT2D eigenvalue weighted by Crippen LogP contribution is -2.60. The molecule has 2 aliphatic rings. The number of primary amides is 3. The van der Waals surface area contributed by atoms with Crippen LogP contribution in [0.3, 0.4) is 0 Å². The van der Waals surface area contributed by atoms with Gasteiger partial charge in [-0.1, -0.05) is 74.5 Å². The van der Waals surface area contributed by atoms with Gasteiger partial charge in [-0.05, 0) is 119 Å². The molecule has 13 amide bonds. The summed E-state index contributed by atoms with van der Waals surface area (Å²) in [5, 5.41) is 21.1. The van der Waals surface area contributed by atoms with Gasteiger partial charge >= 0.3 is 0 Å². The first-order valence-corrected chi connectivity index (χ1v) is 33.6. The first-order valence-electron chi connectivity index (χ1n) is 32.2. The Kier molecular flexibility index (Phi) is 33.9. The topological polar surface area (TPSA) is 519 Å². The zero-order valence-corrected chi connectivity index (χ0v) is 55.3. The Morgan fingerprint density at radius 3 is 1.51 bits per heavy atom. The maximum atomic E-state index is 14.7. The van der Waals surface area contributed by atoms with E-state index >= 15 is 0 Å². The van der Waals surface area contributed by atoms with Gasteiger partial charge in [-0.2, -0.15) is 11.8 Å². The van der Waals surface area contributed by atoms with Gasteiger partial charge in [0.25, 0.3) is 0 Å². The molecule has 95 heavy (non-hydrogen) atoms. The molecule has 2 saturated heterocycles. The number of unbranched alkanes of at least 4 members (excludes halogenated alkanes) is 1. The van der Waals surface area contributed by atoms with Crippen LogP contribution in [-0.4, -0.2) is 198 Å². The molecule has 2 aliphatic heterocycles. The minimum absolute atomic E-state index is 0.0736. The largest absolute Gasteiger partial charge is 0.370 e. The Bertz CT molecular complexity index is 2960. The standard InChI is InChI=1S/C63H98N18O13S/c1-37(2)33-45(57(89)74-41(53(68)85)27-32-95-3)73-52(84)36-72-54(86)46(34-38-15-6-4-7-16-38)78-58(90)47(35-39-17-8-5-9-18-39)79-56(88)42(23-25-50(66)82)75-55(87)43(24-26-51(67)83)76-59(91)49-22-14-31-81(49)62(94)44(20-10-11-28-64)77-60(92)48-21-13-30-80(48)61(93)40(65)19-12-29-71-63(69)70/h4-9,15-18,37,40-49H,10-14,19-36,64-65H2,1-3H3,(H2,66,82)(H2,67,83)(H2,68,85)(H,72,86)(H,73,84)(H,74,89)(H,75,87)(H,76,91)(H,77,92)(H,78,90)(H,79,88)(H4,69,70,71)/t40-,41+,42+,43-,44+,45+,46+,47+,48-,49+/m1/s1. The third-order valence-corrected chi connectivity index (χ3v) is 16.7. The predicted octanol–water partition coefficient (Wildman–Crippen LogP) is -3.71. The lowest BCUT2D eigenvalue weighted by Gasteiger charge is -2.32. The molecule has 2 aromatic rings. The Balaban J connectivity index is 1.56. The van der Waals surface area contributed by atoms with E-state index in [1.54, 1.807) is 60.7 Å². The van der Waals surface area contributed by atoms with Crippen molar-refractivity contribution >= 4 is 94.5 Å². The van der Waals surface area contributed by atoms with Crippen molar-refractivity contribution in [3.8, 4) is 0 Å². The molecule has 524 valence electrons. The van der Waals surface area contributed by atoms with Gasteiger partial charge in [0.2, 0.25) is 76.8 Å². The average Bonchev–Trinajstić information content (AvgIpc) is 1.74. The van der Waals surface area contributed by atoms with E-state index in [4.69, 9.17) is 40.1 Å². The van der Waals surface area contributed by atoms with Crippen molar-refractivity contribution < 1.29 is 62.3 Å². The number of hydrogen-bond acceptors (Lipinski definition) is 17. The Morgan fingerprint density at radius 2 is 1.01 bits per heavy atom. The van der Waals surface area contributed by atoms with E-state index in [1.165, 1.54) is 21.6 Å². The zero-order valence-electron chi connectivity index (χ0n) is 54.5. The summed E-state index contributed by atoms with van der Waals surface area (Å²) in [5.41, 5.74) is 40.6. The molecule has 32 heteroatoms. The second-order valence-corrected chi connectivity index (χ2v) is 25.1. The van der Waals surface area contributed by atoms with Gasteiger partial charge in [0.1, 0.15) is 54.4 Å². The van der Waals surface area contributed by atoms with Gasteiger partial charge in [0.15, 0.2) is 5.96 Å². The van der Waals surface area contributed by atoms with Gasteiger partial charge in [-0.25, -0.2) is 0 Å². The molecule has 0 saturated carbocycles. The van der Waals surface area contributed by atoms with Crippen LogP contribution < -0.4 is 82.7 Å². The van der Waals surface area contributed by atoms with Gasteiger partial charge in [-0.3, -0.25) is 67.3 Å². The second-order valence-electron chi connectivity index (χ2n) is 24.1. The molecule has 0 spiro atoms. The molecule has 2 fully saturated rings. The second kappa shape index (κ2) is 41.0. The third kappa shape index (κ3) is 27.5. The van der Waals surface area contributed by atoms with Crippen molar-refractivity contribution in [1.82, 2.24) is 52.3 Å². The van der Waals surface area contributed by atoms with Crippen LogP contribution in [0.1, 0.15) is 121 Å². The number of rotatable bonds is 42. The molecule has 0 aromatic heterocycles. The monoisotopic (exact) mass is 1350 g/mol. The number of carbonyl (C=O) groups excluding carboxylic acids is 13. The molecule has 2 aromatic carbocycles. The van der Waals surface area contributed by atoms with Crippen molar-refractivity contribution in [2.24, 2.45) is 51.0 Å². The lowest BCUT2D eigenvalue weighted by atomic mass is 10.0. The van der Waals surface area contributed by atoms with Crippen LogP contribution in [0.25, 0.3) is 0 Å². The Labute approximate surface area is 558 Å². The highest BCUT2D eigenvalue weighted by Gasteiger charge is 2.42. The van der Waals surface area contributed by atoms with E-state index in [0.29, 0.717) is 55.4 Å². The lowest BCUT2D eigenvalue weighted by molar-refractivity contribution is -0.144.